The molecule has 22 heavy (non-hydrogen) atoms. The molecule has 6 nitrogen and oxygen atoms in total. The van der Waals surface area contributed by atoms with Crippen molar-refractivity contribution in [3.05, 3.63) is 44.7 Å². The van der Waals surface area contributed by atoms with E-state index in [2.05, 4.69) is 10.3 Å². The molecule has 0 radical (unpaired) electrons. The van der Waals surface area contributed by atoms with Gasteiger partial charge in [-0.25, -0.2) is 4.39 Å². The molecular weight excluding hydrogens is 289 g/mol. The van der Waals surface area contributed by atoms with Crippen LogP contribution in [0.2, 0.25) is 0 Å². The number of hydrogen-bond donors (Lipinski definition) is 2. The van der Waals surface area contributed by atoms with E-state index in [1.165, 1.54) is 16.7 Å². The van der Waals surface area contributed by atoms with Gasteiger partial charge in [0.1, 0.15) is 5.82 Å². The first kappa shape index (κ1) is 15.9. The van der Waals surface area contributed by atoms with Gasteiger partial charge in [-0.2, -0.15) is 0 Å². The largest absolute Gasteiger partial charge is 0.354 e. The lowest BCUT2D eigenvalue weighted by atomic mass is 10.1. The van der Waals surface area contributed by atoms with Crippen LogP contribution in [0.25, 0.3) is 11.0 Å². The number of fused-ring (bicyclic) bond motifs is 1. The Morgan fingerprint density at radius 1 is 1.36 bits per heavy atom. The number of amides is 1. The highest BCUT2D eigenvalue weighted by atomic mass is 19.1. The van der Waals surface area contributed by atoms with E-state index >= 15 is 0 Å². The van der Waals surface area contributed by atoms with Crippen LogP contribution in [0.5, 0.6) is 0 Å². The molecule has 118 valence electrons. The number of H-pyrrole nitrogens is 1. The first-order valence-electron chi connectivity index (χ1n) is 7.07. The second kappa shape index (κ2) is 6.55. The minimum Gasteiger partial charge on any atom is -0.354 e. The Morgan fingerprint density at radius 2 is 2.09 bits per heavy atom. The summed E-state index contributed by atoms with van der Waals surface area (Å²) in [6.45, 7) is 4.24. The van der Waals surface area contributed by atoms with Gasteiger partial charge in [0.25, 0.3) is 0 Å². The lowest BCUT2D eigenvalue weighted by Crippen LogP contribution is -2.39. The third kappa shape index (κ3) is 3.60. The lowest BCUT2D eigenvalue weighted by Gasteiger charge is -2.11. The molecule has 0 atom stereocenters. The van der Waals surface area contributed by atoms with Crippen LogP contribution >= 0.6 is 0 Å². The maximum atomic E-state index is 13.2. The molecule has 0 bridgehead atoms. The summed E-state index contributed by atoms with van der Waals surface area (Å²) in [4.78, 5) is 37.5. The van der Waals surface area contributed by atoms with E-state index in [1.807, 2.05) is 13.8 Å². The van der Waals surface area contributed by atoms with Crippen LogP contribution in [0.3, 0.4) is 0 Å². The molecule has 0 unspecified atom stereocenters. The van der Waals surface area contributed by atoms with Crippen molar-refractivity contribution < 1.29 is 9.18 Å². The summed E-state index contributed by atoms with van der Waals surface area (Å²) in [5.74, 6) is -0.368. The predicted octanol–water partition coefficient (Wildman–Crippen LogP) is 0.991. The molecule has 1 amide bonds. The number of aromatic amines is 1. The average Bonchev–Trinajstić information content (AvgIpc) is 2.42. The van der Waals surface area contributed by atoms with Crippen molar-refractivity contribution in [2.75, 3.05) is 6.54 Å². The van der Waals surface area contributed by atoms with Gasteiger partial charge in [-0.1, -0.05) is 13.8 Å². The van der Waals surface area contributed by atoms with Crippen molar-refractivity contribution in [2.45, 2.75) is 26.8 Å². The second-order valence-corrected chi connectivity index (χ2v) is 5.52. The van der Waals surface area contributed by atoms with E-state index in [1.54, 1.807) is 0 Å². The van der Waals surface area contributed by atoms with Gasteiger partial charge in [-0.15, -0.1) is 0 Å². The van der Waals surface area contributed by atoms with Gasteiger partial charge in [0.2, 0.25) is 5.91 Å². The Labute approximate surface area is 126 Å². The third-order valence-electron chi connectivity index (χ3n) is 3.19. The van der Waals surface area contributed by atoms with Crippen molar-refractivity contribution >= 4 is 16.9 Å². The van der Waals surface area contributed by atoms with Crippen molar-refractivity contribution in [1.82, 2.24) is 14.9 Å². The number of aromatic nitrogens is 2. The van der Waals surface area contributed by atoms with Crippen molar-refractivity contribution in [1.29, 1.82) is 0 Å². The maximum absolute atomic E-state index is 13.2. The molecular formula is C15H18FN3O3. The third-order valence-corrected chi connectivity index (χ3v) is 3.19. The monoisotopic (exact) mass is 307 g/mol. The molecule has 2 N–H and O–H groups in total. The topological polar surface area (TPSA) is 84.0 Å². The fourth-order valence-electron chi connectivity index (χ4n) is 2.22. The van der Waals surface area contributed by atoms with Crippen LogP contribution < -0.4 is 16.4 Å². The highest BCUT2D eigenvalue weighted by Gasteiger charge is 2.09. The van der Waals surface area contributed by atoms with Gasteiger partial charge in [0, 0.05) is 19.5 Å². The van der Waals surface area contributed by atoms with E-state index < -0.39 is 16.9 Å². The number of rotatable bonds is 5. The number of halogens is 1. The summed E-state index contributed by atoms with van der Waals surface area (Å²) in [5.41, 5.74) is -0.869. The summed E-state index contributed by atoms with van der Waals surface area (Å²) in [6, 6.07) is 3.80. The molecule has 7 heteroatoms. The molecule has 0 aliphatic heterocycles. The molecule has 0 saturated carbocycles. The van der Waals surface area contributed by atoms with Gasteiger partial charge in [0.05, 0.1) is 11.0 Å². The van der Waals surface area contributed by atoms with Crippen molar-refractivity contribution in [3.8, 4) is 0 Å². The van der Waals surface area contributed by atoms with Crippen LogP contribution in [0.15, 0.2) is 27.8 Å². The second-order valence-electron chi connectivity index (χ2n) is 5.52. The first-order valence-corrected chi connectivity index (χ1v) is 7.07. The summed E-state index contributed by atoms with van der Waals surface area (Å²) in [5, 5.41) is 2.70. The number of carbonyl (C=O) groups excluding carboxylic acids is 1. The highest BCUT2D eigenvalue weighted by molar-refractivity contribution is 5.76. The number of nitrogens with zero attached hydrogens (tertiary/aromatic N) is 1. The standard InChI is InChI=1S/C15H18FN3O3/c1-9(2)7-13(20)17-5-6-19-12-4-3-10(16)8-11(12)18-14(21)15(19)22/h3-4,8-9H,5-7H2,1-2H3,(H,17,20)(H,18,21). The molecule has 1 heterocycles. The molecule has 1 aromatic heterocycles. The molecule has 2 aromatic rings. The Hall–Kier alpha value is -2.44. The number of hydrogen-bond acceptors (Lipinski definition) is 3. The number of benzene rings is 1. The molecule has 0 aliphatic carbocycles. The summed E-state index contributed by atoms with van der Waals surface area (Å²) >= 11 is 0. The maximum Gasteiger partial charge on any atom is 0.316 e. The van der Waals surface area contributed by atoms with Gasteiger partial charge in [-0.3, -0.25) is 14.4 Å². The molecule has 2 rings (SSSR count). The lowest BCUT2D eigenvalue weighted by molar-refractivity contribution is -0.121. The number of carbonyl (C=O) groups is 1. The van der Waals surface area contributed by atoms with Crippen molar-refractivity contribution in [2.24, 2.45) is 5.92 Å². The van der Waals surface area contributed by atoms with E-state index in [9.17, 15) is 18.8 Å². The summed E-state index contributed by atoms with van der Waals surface area (Å²) in [7, 11) is 0. The Morgan fingerprint density at radius 3 is 2.77 bits per heavy atom. The zero-order chi connectivity index (χ0) is 16.3. The Bertz CT molecular complexity index is 808. The zero-order valence-electron chi connectivity index (χ0n) is 12.5. The molecule has 0 spiro atoms. The summed E-state index contributed by atoms with van der Waals surface area (Å²) < 4.78 is 14.5. The Balaban J connectivity index is 2.24. The van der Waals surface area contributed by atoms with Crippen LogP contribution in [-0.4, -0.2) is 22.0 Å². The minimum atomic E-state index is -0.813. The molecule has 0 saturated heterocycles. The fourth-order valence-corrected chi connectivity index (χ4v) is 2.22. The Kier molecular flexibility index (Phi) is 4.75. The first-order chi connectivity index (χ1) is 10.4. The van der Waals surface area contributed by atoms with Crippen molar-refractivity contribution in [3.63, 3.8) is 0 Å². The van der Waals surface area contributed by atoms with Gasteiger partial charge in [-0.05, 0) is 24.1 Å². The number of nitrogens with one attached hydrogen (secondary N) is 2. The van der Waals surface area contributed by atoms with Crippen LogP contribution in [-0.2, 0) is 11.3 Å². The van der Waals surface area contributed by atoms with E-state index in [-0.39, 0.29) is 30.4 Å². The normalized spacial score (nSPS) is 11.1. The van der Waals surface area contributed by atoms with Gasteiger partial charge < -0.3 is 14.9 Å². The smallest absolute Gasteiger partial charge is 0.316 e. The van der Waals surface area contributed by atoms with Crippen LogP contribution in [0, 0.1) is 11.7 Å². The summed E-state index contributed by atoms with van der Waals surface area (Å²) in [6.07, 6.45) is 0.399. The van der Waals surface area contributed by atoms with E-state index in [0.717, 1.165) is 6.07 Å². The molecule has 0 fully saturated rings. The van der Waals surface area contributed by atoms with Gasteiger partial charge >= 0.3 is 11.1 Å². The van der Waals surface area contributed by atoms with Crippen LogP contribution in [0.4, 0.5) is 4.39 Å². The molecule has 1 aromatic carbocycles. The molecule has 0 aliphatic rings. The SMILES string of the molecule is CC(C)CC(=O)NCCn1c(=O)c(=O)[nH]c2cc(F)ccc21. The minimum absolute atomic E-state index is 0.108. The predicted molar refractivity (Wildman–Crippen MR) is 81.3 cm³/mol. The fraction of sp³-hybridized carbons (Fsp3) is 0.400. The van der Waals surface area contributed by atoms with Crippen LogP contribution in [0.1, 0.15) is 20.3 Å². The van der Waals surface area contributed by atoms with E-state index in [0.29, 0.717) is 11.9 Å². The van der Waals surface area contributed by atoms with E-state index in [4.69, 9.17) is 0 Å². The zero-order valence-corrected chi connectivity index (χ0v) is 12.5. The quantitative estimate of drug-likeness (QED) is 0.808. The highest BCUT2D eigenvalue weighted by Crippen LogP contribution is 2.10. The average molecular weight is 307 g/mol. The van der Waals surface area contributed by atoms with Gasteiger partial charge in [0.15, 0.2) is 0 Å².